The molecule has 0 radical (unpaired) electrons. The van der Waals surface area contributed by atoms with Crippen LogP contribution < -0.4 is 10.2 Å². The lowest BCUT2D eigenvalue weighted by molar-refractivity contribution is -0.385. The molecule has 11 heteroatoms. The van der Waals surface area contributed by atoms with E-state index in [4.69, 9.17) is 11.6 Å². The topological polar surface area (TPSA) is 113 Å². The molecule has 0 spiro atoms. The fourth-order valence-corrected chi connectivity index (χ4v) is 4.93. The molecule has 0 unspecified atom stereocenters. The van der Waals surface area contributed by atoms with E-state index in [0.29, 0.717) is 31.2 Å². The summed E-state index contributed by atoms with van der Waals surface area (Å²) in [5, 5.41) is 14.2. The highest BCUT2D eigenvalue weighted by Gasteiger charge is 2.27. The van der Waals surface area contributed by atoms with Crippen LogP contribution in [0.2, 0.25) is 5.02 Å². The maximum Gasteiger partial charge on any atom is 0.273 e. The molecule has 3 rings (SSSR count). The van der Waals surface area contributed by atoms with Crippen LogP contribution in [0, 0.1) is 17.0 Å². The quantitative estimate of drug-likeness (QED) is 0.495. The van der Waals surface area contributed by atoms with Crippen molar-refractivity contribution in [3.05, 3.63) is 68.7 Å². The summed E-state index contributed by atoms with van der Waals surface area (Å²) in [5.74, 6) is -0.780. The lowest BCUT2D eigenvalue weighted by Gasteiger charge is -2.35. The first kappa shape index (κ1) is 23.0. The Hall–Kier alpha value is -2.69. The van der Waals surface area contributed by atoms with Crippen LogP contribution in [0.25, 0.3) is 0 Å². The number of amides is 1. The highest BCUT2D eigenvalue weighted by atomic mass is 35.5. The van der Waals surface area contributed by atoms with Crippen molar-refractivity contribution in [3.8, 4) is 0 Å². The number of anilines is 1. The molecule has 1 amide bonds. The molecule has 166 valence electrons. The van der Waals surface area contributed by atoms with Gasteiger partial charge in [0.05, 0.1) is 10.7 Å². The van der Waals surface area contributed by atoms with E-state index in [0.717, 1.165) is 5.69 Å². The van der Waals surface area contributed by atoms with E-state index in [2.05, 4.69) is 10.2 Å². The van der Waals surface area contributed by atoms with Crippen LogP contribution in [0.5, 0.6) is 0 Å². The SMILES string of the molecule is Cc1c(C(=O)NCCS(=O)(=O)N2CCN(c3ccc(Cl)cc3)CC2)cccc1[N+](=O)[O-]. The van der Waals surface area contributed by atoms with Crippen LogP contribution in [0.4, 0.5) is 11.4 Å². The molecule has 0 aromatic heterocycles. The number of carbonyl (C=O) groups is 1. The maximum atomic E-state index is 12.7. The van der Waals surface area contributed by atoms with Gasteiger partial charge in [-0.1, -0.05) is 17.7 Å². The van der Waals surface area contributed by atoms with Crippen molar-refractivity contribution in [1.29, 1.82) is 0 Å². The molecule has 1 N–H and O–H groups in total. The molecule has 0 atom stereocenters. The number of rotatable bonds is 7. The van der Waals surface area contributed by atoms with E-state index in [-0.39, 0.29) is 29.1 Å². The Kier molecular flexibility index (Phi) is 7.14. The van der Waals surface area contributed by atoms with Crippen LogP contribution in [0.3, 0.4) is 0 Å². The first-order chi connectivity index (χ1) is 14.7. The second-order valence-corrected chi connectivity index (χ2v) is 9.67. The number of benzene rings is 2. The van der Waals surface area contributed by atoms with E-state index in [1.165, 1.54) is 29.4 Å². The highest BCUT2D eigenvalue weighted by molar-refractivity contribution is 7.89. The third kappa shape index (κ3) is 5.52. The van der Waals surface area contributed by atoms with E-state index in [1.807, 2.05) is 12.1 Å². The fraction of sp³-hybridized carbons (Fsp3) is 0.350. The number of carbonyl (C=O) groups excluding carboxylic acids is 1. The summed E-state index contributed by atoms with van der Waals surface area (Å²) < 4.78 is 26.7. The zero-order valence-corrected chi connectivity index (χ0v) is 18.5. The van der Waals surface area contributed by atoms with Crippen molar-refractivity contribution in [2.24, 2.45) is 0 Å². The summed E-state index contributed by atoms with van der Waals surface area (Å²) in [4.78, 5) is 24.9. The molecule has 9 nitrogen and oxygen atoms in total. The molecule has 0 bridgehead atoms. The summed E-state index contributed by atoms with van der Waals surface area (Å²) in [7, 11) is -3.54. The third-order valence-corrected chi connectivity index (χ3v) is 7.34. The predicted octanol–water partition coefficient (Wildman–Crippen LogP) is 2.44. The van der Waals surface area contributed by atoms with Crippen molar-refractivity contribution in [2.45, 2.75) is 6.92 Å². The van der Waals surface area contributed by atoms with Crippen LogP contribution in [0.15, 0.2) is 42.5 Å². The van der Waals surface area contributed by atoms with E-state index < -0.39 is 20.9 Å². The molecule has 1 fully saturated rings. The van der Waals surface area contributed by atoms with Crippen molar-refractivity contribution in [2.75, 3.05) is 43.4 Å². The van der Waals surface area contributed by atoms with Gasteiger partial charge in [0.2, 0.25) is 10.0 Å². The number of nitro benzene ring substituents is 1. The Morgan fingerprint density at radius 2 is 1.77 bits per heavy atom. The summed E-state index contributed by atoms with van der Waals surface area (Å²) in [6, 6.07) is 11.6. The van der Waals surface area contributed by atoms with E-state index >= 15 is 0 Å². The molecule has 1 aliphatic heterocycles. The van der Waals surface area contributed by atoms with E-state index in [1.54, 1.807) is 12.1 Å². The Bertz CT molecular complexity index is 1070. The molecular weight excluding hydrogens is 444 g/mol. The predicted molar refractivity (Wildman–Crippen MR) is 119 cm³/mol. The number of hydrogen-bond acceptors (Lipinski definition) is 6. The molecule has 2 aromatic carbocycles. The van der Waals surface area contributed by atoms with Gasteiger partial charge in [-0.2, -0.15) is 4.31 Å². The van der Waals surface area contributed by atoms with Crippen molar-refractivity contribution >= 4 is 38.9 Å². The number of halogens is 1. The monoisotopic (exact) mass is 466 g/mol. The number of sulfonamides is 1. The van der Waals surface area contributed by atoms with Gasteiger partial charge in [-0.05, 0) is 37.3 Å². The molecule has 0 aliphatic carbocycles. The second kappa shape index (κ2) is 9.63. The van der Waals surface area contributed by atoms with E-state index in [9.17, 15) is 23.3 Å². The largest absolute Gasteiger partial charge is 0.369 e. The van der Waals surface area contributed by atoms with Gasteiger partial charge in [0, 0.05) is 60.6 Å². The minimum atomic E-state index is -3.54. The average Bonchev–Trinajstić information content (AvgIpc) is 2.74. The number of nitrogens with zero attached hydrogens (tertiary/aromatic N) is 3. The normalized spacial score (nSPS) is 15.0. The molecule has 1 heterocycles. The number of nitro groups is 1. The average molecular weight is 467 g/mol. The number of piperazine rings is 1. The fourth-order valence-electron chi connectivity index (χ4n) is 3.46. The van der Waals surface area contributed by atoms with Crippen molar-refractivity contribution in [3.63, 3.8) is 0 Å². The van der Waals surface area contributed by atoms with Gasteiger partial charge in [0.1, 0.15) is 0 Å². The Morgan fingerprint density at radius 3 is 2.39 bits per heavy atom. The van der Waals surface area contributed by atoms with Gasteiger partial charge >= 0.3 is 0 Å². The first-order valence-electron chi connectivity index (χ1n) is 9.69. The van der Waals surface area contributed by atoms with Gasteiger partial charge in [-0.3, -0.25) is 14.9 Å². The van der Waals surface area contributed by atoms with Crippen molar-refractivity contribution < 1.29 is 18.1 Å². The van der Waals surface area contributed by atoms with Gasteiger partial charge in [-0.25, -0.2) is 8.42 Å². The Labute approximate surface area is 185 Å². The zero-order chi connectivity index (χ0) is 22.6. The summed E-state index contributed by atoms with van der Waals surface area (Å²) >= 11 is 5.91. The molecular formula is C20H23ClN4O5S. The minimum absolute atomic E-state index is 0.0826. The molecule has 1 aliphatic rings. The smallest absolute Gasteiger partial charge is 0.273 e. The highest BCUT2D eigenvalue weighted by Crippen LogP contribution is 2.22. The molecule has 2 aromatic rings. The second-order valence-electron chi connectivity index (χ2n) is 7.14. The third-order valence-electron chi connectivity index (χ3n) is 5.22. The molecule has 1 saturated heterocycles. The van der Waals surface area contributed by atoms with Crippen LogP contribution in [0.1, 0.15) is 15.9 Å². The minimum Gasteiger partial charge on any atom is -0.369 e. The van der Waals surface area contributed by atoms with Gasteiger partial charge in [0.15, 0.2) is 0 Å². The van der Waals surface area contributed by atoms with Gasteiger partial charge in [-0.15, -0.1) is 0 Å². The zero-order valence-electron chi connectivity index (χ0n) is 17.0. The maximum absolute atomic E-state index is 12.7. The number of nitrogens with one attached hydrogen (secondary N) is 1. The molecule has 31 heavy (non-hydrogen) atoms. The Balaban J connectivity index is 1.53. The number of hydrogen-bond donors (Lipinski definition) is 1. The van der Waals surface area contributed by atoms with Crippen LogP contribution in [-0.4, -0.2) is 62.0 Å². The van der Waals surface area contributed by atoms with Crippen LogP contribution >= 0.6 is 11.6 Å². The van der Waals surface area contributed by atoms with Gasteiger partial charge in [0.25, 0.3) is 11.6 Å². The standard InChI is InChI=1S/C20H23ClN4O5S/c1-15-18(3-2-4-19(15)25(27)28)20(26)22-9-14-31(29,30)24-12-10-23(11-13-24)17-7-5-16(21)6-8-17/h2-8H,9-14H2,1H3,(H,22,26). The first-order valence-corrected chi connectivity index (χ1v) is 11.7. The summed E-state index contributed by atoms with van der Waals surface area (Å²) in [6.07, 6.45) is 0. The summed E-state index contributed by atoms with van der Waals surface area (Å²) in [6.45, 7) is 3.22. The summed E-state index contributed by atoms with van der Waals surface area (Å²) in [5.41, 5.74) is 1.23. The Morgan fingerprint density at radius 1 is 1.13 bits per heavy atom. The van der Waals surface area contributed by atoms with Gasteiger partial charge < -0.3 is 10.2 Å². The lowest BCUT2D eigenvalue weighted by Crippen LogP contribution is -2.50. The molecule has 0 saturated carbocycles. The lowest BCUT2D eigenvalue weighted by atomic mass is 10.1. The van der Waals surface area contributed by atoms with Crippen LogP contribution in [-0.2, 0) is 10.0 Å². The van der Waals surface area contributed by atoms with Crippen molar-refractivity contribution in [1.82, 2.24) is 9.62 Å².